The molecule has 0 fully saturated rings. The van der Waals surface area contributed by atoms with Crippen molar-refractivity contribution in [3.63, 3.8) is 0 Å². The van der Waals surface area contributed by atoms with Gasteiger partial charge in [0.15, 0.2) is 0 Å². The summed E-state index contributed by atoms with van der Waals surface area (Å²) in [4.78, 5) is 13.9. The number of hydrogen-bond acceptors (Lipinski definition) is 3. The van der Waals surface area contributed by atoms with Crippen LogP contribution in [0.15, 0.2) is 54.6 Å². The van der Waals surface area contributed by atoms with Crippen molar-refractivity contribution in [2.24, 2.45) is 5.73 Å². The summed E-state index contributed by atoms with van der Waals surface area (Å²) in [5.74, 6) is -0.149. The zero-order valence-electron chi connectivity index (χ0n) is 11.9. The second kappa shape index (κ2) is 6.69. The summed E-state index contributed by atoms with van der Waals surface area (Å²) in [5, 5.41) is 8.78. The van der Waals surface area contributed by atoms with E-state index in [1.54, 1.807) is 31.3 Å². The fourth-order valence-electron chi connectivity index (χ4n) is 2.09. The number of rotatable bonds is 4. The Kier molecular flexibility index (Phi) is 4.70. The van der Waals surface area contributed by atoms with Crippen molar-refractivity contribution in [2.45, 2.75) is 12.5 Å². The summed E-state index contributed by atoms with van der Waals surface area (Å²) in [6.45, 7) is 0. The molecule has 2 rings (SSSR count). The SMILES string of the molecule is CN(C(=O)C(N)Cc1ccccc1)c1ccc(C#N)cc1. The van der Waals surface area contributed by atoms with Gasteiger partial charge in [0.2, 0.25) is 5.91 Å². The number of carbonyl (C=O) groups is 1. The van der Waals surface area contributed by atoms with Crippen LogP contribution in [0.1, 0.15) is 11.1 Å². The molecule has 0 radical (unpaired) electrons. The fraction of sp³-hybridized carbons (Fsp3) is 0.176. The van der Waals surface area contributed by atoms with Gasteiger partial charge in [0.1, 0.15) is 0 Å². The monoisotopic (exact) mass is 279 g/mol. The molecule has 106 valence electrons. The topological polar surface area (TPSA) is 70.1 Å². The van der Waals surface area contributed by atoms with Gasteiger partial charge in [0.05, 0.1) is 17.7 Å². The van der Waals surface area contributed by atoms with Gasteiger partial charge in [-0.15, -0.1) is 0 Å². The lowest BCUT2D eigenvalue weighted by molar-refractivity contribution is -0.119. The van der Waals surface area contributed by atoms with E-state index in [-0.39, 0.29) is 5.91 Å². The molecule has 21 heavy (non-hydrogen) atoms. The number of anilines is 1. The van der Waals surface area contributed by atoms with E-state index in [1.165, 1.54) is 4.90 Å². The van der Waals surface area contributed by atoms with Crippen molar-refractivity contribution in [1.82, 2.24) is 0 Å². The van der Waals surface area contributed by atoms with E-state index in [0.717, 1.165) is 11.3 Å². The minimum atomic E-state index is -0.590. The van der Waals surface area contributed by atoms with Crippen LogP contribution in [0.25, 0.3) is 0 Å². The van der Waals surface area contributed by atoms with Crippen LogP contribution in [0.3, 0.4) is 0 Å². The molecule has 1 amide bonds. The average Bonchev–Trinajstić information content (AvgIpc) is 2.54. The summed E-state index contributed by atoms with van der Waals surface area (Å²) in [6, 6.07) is 18.0. The van der Waals surface area contributed by atoms with Crippen molar-refractivity contribution in [3.05, 3.63) is 65.7 Å². The Hall–Kier alpha value is -2.64. The predicted octanol–water partition coefficient (Wildman–Crippen LogP) is 2.09. The first-order chi connectivity index (χ1) is 10.1. The number of benzene rings is 2. The van der Waals surface area contributed by atoms with Gasteiger partial charge in [0.25, 0.3) is 0 Å². The van der Waals surface area contributed by atoms with Crippen LogP contribution in [0.5, 0.6) is 0 Å². The minimum Gasteiger partial charge on any atom is -0.320 e. The molecule has 0 heterocycles. The largest absolute Gasteiger partial charge is 0.320 e. The number of hydrogen-bond donors (Lipinski definition) is 1. The first kappa shape index (κ1) is 14.8. The number of amides is 1. The molecule has 1 unspecified atom stereocenters. The van der Waals surface area contributed by atoms with Gasteiger partial charge < -0.3 is 10.6 Å². The summed E-state index contributed by atoms with van der Waals surface area (Å²) >= 11 is 0. The molecule has 4 nitrogen and oxygen atoms in total. The third-order valence-electron chi connectivity index (χ3n) is 3.33. The van der Waals surface area contributed by atoms with Crippen molar-refractivity contribution in [2.75, 3.05) is 11.9 Å². The Morgan fingerprint density at radius 3 is 2.38 bits per heavy atom. The van der Waals surface area contributed by atoms with Gasteiger partial charge in [0, 0.05) is 12.7 Å². The molecule has 1 atom stereocenters. The smallest absolute Gasteiger partial charge is 0.243 e. The fourth-order valence-corrected chi connectivity index (χ4v) is 2.09. The van der Waals surface area contributed by atoms with Crippen LogP contribution >= 0.6 is 0 Å². The molecular weight excluding hydrogens is 262 g/mol. The quantitative estimate of drug-likeness (QED) is 0.931. The molecule has 0 saturated heterocycles. The van der Waals surface area contributed by atoms with Gasteiger partial charge in [-0.25, -0.2) is 0 Å². The van der Waals surface area contributed by atoms with Crippen molar-refractivity contribution in [1.29, 1.82) is 5.26 Å². The van der Waals surface area contributed by atoms with Crippen LogP contribution in [-0.2, 0) is 11.2 Å². The molecule has 2 aromatic carbocycles. The van der Waals surface area contributed by atoms with Crippen molar-refractivity contribution >= 4 is 11.6 Å². The van der Waals surface area contributed by atoms with Gasteiger partial charge in [-0.2, -0.15) is 5.26 Å². The number of nitriles is 1. The third-order valence-corrected chi connectivity index (χ3v) is 3.33. The first-order valence-electron chi connectivity index (χ1n) is 6.69. The maximum Gasteiger partial charge on any atom is 0.243 e. The molecule has 2 N–H and O–H groups in total. The van der Waals surface area contributed by atoms with E-state index in [1.807, 2.05) is 36.4 Å². The normalized spacial score (nSPS) is 11.5. The highest BCUT2D eigenvalue weighted by Gasteiger charge is 2.19. The lowest BCUT2D eigenvalue weighted by atomic mass is 10.1. The molecule has 0 aliphatic carbocycles. The van der Waals surface area contributed by atoms with Crippen LogP contribution in [0.4, 0.5) is 5.69 Å². The van der Waals surface area contributed by atoms with E-state index in [4.69, 9.17) is 11.0 Å². The molecule has 0 aliphatic heterocycles. The number of likely N-dealkylation sites (N-methyl/N-ethyl adjacent to an activating group) is 1. The molecule has 0 saturated carbocycles. The minimum absolute atomic E-state index is 0.149. The van der Waals surface area contributed by atoms with E-state index in [9.17, 15) is 4.79 Å². The predicted molar refractivity (Wildman–Crippen MR) is 82.7 cm³/mol. The Balaban J connectivity index is 2.05. The zero-order valence-corrected chi connectivity index (χ0v) is 11.9. The van der Waals surface area contributed by atoms with Crippen molar-refractivity contribution in [3.8, 4) is 6.07 Å². The van der Waals surface area contributed by atoms with E-state index >= 15 is 0 Å². The van der Waals surface area contributed by atoms with Gasteiger partial charge in [-0.05, 0) is 36.2 Å². The number of carbonyl (C=O) groups excluding carboxylic acids is 1. The molecule has 2 aromatic rings. The molecule has 0 aromatic heterocycles. The Morgan fingerprint density at radius 2 is 1.81 bits per heavy atom. The van der Waals surface area contributed by atoms with Gasteiger partial charge in [-0.3, -0.25) is 4.79 Å². The summed E-state index contributed by atoms with van der Waals surface area (Å²) in [6.07, 6.45) is 0.500. The maximum absolute atomic E-state index is 12.3. The van der Waals surface area contributed by atoms with Gasteiger partial charge >= 0.3 is 0 Å². The highest BCUT2D eigenvalue weighted by molar-refractivity contribution is 5.96. The highest BCUT2D eigenvalue weighted by Crippen LogP contribution is 2.15. The van der Waals surface area contributed by atoms with Crippen LogP contribution in [-0.4, -0.2) is 19.0 Å². The molecule has 4 heteroatoms. The summed E-state index contributed by atoms with van der Waals surface area (Å²) in [5.41, 5.74) is 8.32. The number of nitrogens with two attached hydrogens (primary N) is 1. The molecular formula is C17H17N3O. The van der Waals surface area contributed by atoms with Gasteiger partial charge in [-0.1, -0.05) is 30.3 Å². The number of nitrogens with zero attached hydrogens (tertiary/aromatic N) is 2. The third kappa shape index (κ3) is 3.68. The summed E-state index contributed by atoms with van der Waals surface area (Å²) < 4.78 is 0. The lowest BCUT2D eigenvalue weighted by Gasteiger charge is -2.21. The molecule has 0 spiro atoms. The second-order valence-electron chi connectivity index (χ2n) is 4.85. The Labute approximate surface area is 124 Å². The zero-order chi connectivity index (χ0) is 15.2. The van der Waals surface area contributed by atoms with Crippen LogP contribution in [0.2, 0.25) is 0 Å². The average molecular weight is 279 g/mol. The highest BCUT2D eigenvalue weighted by atomic mass is 16.2. The maximum atomic E-state index is 12.3. The first-order valence-corrected chi connectivity index (χ1v) is 6.69. The Morgan fingerprint density at radius 1 is 1.19 bits per heavy atom. The van der Waals surface area contributed by atoms with E-state index in [2.05, 4.69) is 0 Å². The van der Waals surface area contributed by atoms with E-state index in [0.29, 0.717) is 12.0 Å². The van der Waals surface area contributed by atoms with Crippen molar-refractivity contribution < 1.29 is 4.79 Å². The van der Waals surface area contributed by atoms with Crippen LogP contribution < -0.4 is 10.6 Å². The molecule has 0 aliphatic rings. The standard InChI is InChI=1S/C17H17N3O/c1-20(15-9-7-14(12-18)8-10-15)17(21)16(19)11-13-5-3-2-4-6-13/h2-10,16H,11,19H2,1H3. The second-order valence-corrected chi connectivity index (χ2v) is 4.85. The summed E-state index contributed by atoms with van der Waals surface area (Å²) in [7, 11) is 1.69. The van der Waals surface area contributed by atoms with Crippen LogP contribution in [0, 0.1) is 11.3 Å². The molecule has 0 bridgehead atoms. The lowest BCUT2D eigenvalue weighted by Crippen LogP contribution is -2.43. The Bertz CT molecular complexity index is 644. The van der Waals surface area contributed by atoms with E-state index < -0.39 is 6.04 Å².